The van der Waals surface area contributed by atoms with E-state index in [9.17, 15) is 5.26 Å². The van der Waals surface area contributed by atoms with E-state index in [4.69, 9.17) is 0 Å². The first-order valence-electron chi connectivity index (χ1n) is 7.04. The highest BCUT2D eigenvalue weighted by molar-refractivity contribution is 5.09. The van der Waals surface area contributed by atoms with Gasteiger partial charge in [0.25, 0.3) is 0 Å². The highest BCUT2D eigenvalue weighted by Gasteiger charge is 2.33. The fourth-order valence-electron chi connectivity index (χ4n) is 3.26. The van der Waals surface area contributed by atoms with Gasteiger partial charge in [0, 0.05) is 6.04 Å². The van der Waals surface area contributed by atoms with Crippen LogP contribution in [0.5, 0.6) is 0 Å². The molecule has 2 saturated carbocycles. The summed E-state index contributed by atoms with van der Waals surface area (Å²) >= 11 is 0. The minimum Gasteiger partial charge on any atom is -0.297 e. The minimum atomic E-state index is -0.182. The van der Waals surface area contributed by atoms with Gasteiger partial charge < -0.3 is 0 Å². The van der Waals surface area contributed by atoms with Crippen molar-refractivity contribution >= 4 is 0 Å². The van der Waals surface area contributed by atoms with Crippen LogP contribution in [0.3, 0.4) is 0 Å². The molecule has 2 nitrogen and oxygen atoms in total. The van der Waals surface area contributed by atoms with E-state index in [0.29, 0.717) is 6.04 Å². The quantitative estimate of drug-likeness (QED) is 0.723. The van der Waals surface area contributed by atoms with Crippen LogP contribution in [0.2, 0.25) is 0 Å². The van der Waals surface area contributed by atoms with Crippen LogP contribution >= 0.6 is 0 Å². The number of rotatable bonds is 2. The first-order valence-corrected chi connectivity index (χ1v) is 7.04. The maximum Gasteiger partial charge on any atom is 0.106 e. The Labute approximate surface area is 99.4 Å². The first kappa shape index (κ1) is 11.9. The van der Waals surface area contributed by atoms with Gasteiger partial charge in [0.15, 0.2) is 0 Å². The van der Waals surface area contributed by atoms with E-state index in [2.05, 4.69) is 11.4 Å². The highest BCUT2D eigenvalue weighted by Crippen LogP contribution is 2.29. The summed E-state index contributed by atoms with van der Waals surface area (Å²) in [6.07, 6.45) is 13.9. The number of hydrogen-bond donors (Lipinski definition) is 1. The third kappa shape index (κ3) is 2.98. The summed E-state index contributed by atoms with van der Waals surface area (Å²) in [4.78, 5) is 0. The molecule has 0 bridgehead atoms. The molecular formula is C14H24N2. The molecule has 1 N–H and O–H groups in total. The average molecular weight is 220 g/mol. The van der Waals surface area contributed by atoms with Gasteiger partial charge in [-0.3, -0.25) is 5.32 Å². The van der Waals surface area contributed by atoms with Crippen molar-refractivity contribution in [3.05, 3.63) is 0 Å². The second-order valence-corrected chi connectivity index (χ2v) is 5.59. The normalized spacial score (nSPS) is 26.9. The third-order valence-corrected chi connectivity index (χ3v) is 4.26. The predicted octanol–water partition coefficient (Wildman–Crippen LogP) is 3.53. The SMILES string of the molecule is N#CC1(NC2CCCCC2)CCCCCC1. The van der Waals surface area contributed by atoms with Crippen molar-refractivity contribution < 1.29 is 0 Å². The maximum atomic E-state index is 9.48. The molecule has 2 rings (SSSR count). The topological polar surface area (TPSA) is 35.8 Å². The lowest BCUT2D eigenvalue weighted by Crippen LogP contribution is -2.49. The molecule has 16 heavy (non-hydrogen) atoms. The van der Waals surface area contributed by atoms with Crippen molar-refractivity contribution in [1.82, 2.24) is 5.32 Å². The summed E-state index contributed by atoms with van der Waals surface area (Å²) in [5.41, 5.74) is -0.182. The fraction of sp³-hybridized carbons (Fsp3) is 0.929. The molecule has 0 heterocycles. The van der Waals surface area contributed by atoms with E-state index < -0.39 is 0 Å². The van der Waals surface area contributed by atoms with Gasteiger partial charge in [-0.15, -0.1) is 0 Å². The Kier molecular flexibility index (Phi) is 4.23. The lowest BCUT2D eigenvalue weighted by molar-refractivity contribution is 0.272. The van der Waals surface area contributed by atoms with E-state index in [1.165, 1.54) is 57.8 Å². The van der Waals surface area contributed by atoms with Crippen LogP contribution in [-0.4, -0.2) is 11.6 Å². The monoisotopic (exact) mass is 220 g/mol. The van der Waals surface area contributed by atoms with Crippen molar-refractivity contribution in [1.29, 1.82) is 5.26 Å². The first-order chi connectivity index (χ1) is 7.85. The van der Waals surface area contributed by atoms with Gasteiger partial charge in [-0.05, 0) is 25.7 Å². The largest absolute Gasteiger partial charge is 0.297 e. The van der Waals surface area contributed by atoms with Gasteiger partial charge in [-0.2, -0.15) is 5.26 Å². The number of hydrogen-bond acceptors (Lipinski definition) is 2. The molecule has 0 spiro atoms. The van der Waals surface area contributed by atoms with Crippen molar-refractivity contribution in [3.8, 4) is 6.07 Å². The van der Waals surface area contributed by atoms with Gasteiger partial charge in [0.05, 0.1) is 6.07 Å². The van der Waals surface area contributed by atoms with Crippen LogP contribution in [-0.2, 0) is 0 Å². The van der Waals surface area contributed by atoms with Crippen molar-refractivity contribution in [2.45, 2.75) is 82.2 Å². The molecule has 0 aromatic carbocycles. The van der Waals surface area contributed by atoms with Gasteiger partial charge in [-0.1, -0.05) is 44.9 Å². The molecule has 0 aromatic heterocycles. The van der Waals surface area contributed by atoms with Gasteiger partial charge in [-0.25, -0.2) is 0 Å². The van der Waals surface area contributed by atoms with Gasteiger partial charge in [0.2, 0.25) is 0 Å². The van der Waals surface area contributed by atoms with Crippen LogP contribution < -0.4 is 5.32 Å². The standard InChI is InChI=1S/C14H24N2/c15-12-14(10-6-1-2-7-11-14)16-13-8-4-3-5-9-13/h13,16H,1-11H2. The Hall–Kier alpha value is -0.550. The second-order valence-electron chi connectivity index (χ2n) is 5.59. The Balaban J connectivity index is 1.94. The zero-order chi connectivity index (χ0) is 11.3. The van der Waals surface area contributed by atoms with Crippen molar-refractivity contribution in [2.75, 3.05) is 0 Å². The minimum absolute atomic E-state index is 0.182. The van der Waals surface area contributed by atoms with Crippen molar-refractivity contribution in [2.24, 2.45) is 0 Å². The van der Waals surface area contributed by atoms with Gasteiger partial charge in [0.1, 0.15) is 5.54 Å². The van der Waals surface area contributed by atoms with Crippen LogP contribution in [0.15, 0.2) is 0 Å². The van der Waals surface area contributed by atoms with E-state index in [1.807, 2.05) is 0 Å². The molecule has 0 unspecified atom stereocenters. The number of nitrogens with one attached hydrogen (secondary N) is 1. The van der Waals surface area contributed by atoms with E-state index in [-0.39, 0.29) is 5.54 Å². The summed E-state index contributed by atoms with van der Waals surface area (Å²) in [6.45, 7) is 0. The summed E-state index contributed by atoms with van der Waals surface area (Å²) in [5, 5.41) is 13.2. The fourth-order valence-corrected chi connectivity index (χ4v) is 3.26. The summed E-state index contributed by atoms with van der Waals surface area (Å²) in [5.74, 6) is 0. The molecule has 2 aliphatic rings. The third-order valence-electron chi connectivity index (χ3n) is 4.26. The molecule has 2 heteroatoms. The average Bonchev–Trinajstić information content (AvgIpc) is 2.57. The summed E-state index contributed by atoms with van der Waals surface area (Å²) in [7, 11) is 0. The molecule has 0 aliphatic heterocycles. The number of nitriles is 1. The molecule has 0 radical (unpaired) electrons. The van der Waals surface area contributed by atoms with Crippen LogP contribution in [0.1, 0.15) is 70.6 Å². The smallest absolute Gasteiger partial charge is 0.106 e. The van der Waals surface area contributed by atoms with E-state index in [0.717, 1.165) is 12.8 Å². The van der Waals surface area contributed by atoms with Crippen LogP contribution in [0.4, 0.5) is 0 Å². The molecule has 2 fully saturated rings. The lowest BCUT2D eigenvalue weighted by atomic mass is 9.87. The maximum absolute atomic E-state index is 9.48. The molecule has 90 valence electrons. The summed E-state index contributed by atoms with van der Waals surface area (Å²) in [6, 6.07) is 3.21. The lowest BCUT2D eigenvalue weighted by Gasteiger charge is -2.33. The molecule has 0 amide bonds. The summed E-state index contributed by atoms with van der Waals surface area (Å²) < 4.78 is 0. The Morgan fingerprint density at radius 2 is 1.44 bits per heavy atom. The zero-order valence-electron chi connectivity index (χ0n) is 10.3. The van der Waals surface area contributed by atoms with Gasteiger partial charge >= 0.3 is 0 Å². The predicted molar refractivity (Wildman–Crippen MR) is 66.1 cm³/mol. The van der Waals surface area contributed by atoms with E-state index in [1.54, 1.807) is 0 Å². The van der Waals surface area contributed by atoms with Crippen molar-refractivity contribution in [3.63, 3.8) is 0 Å². The molecular weight excluding hydrogens is 196 g/mol. The number of nitrogens with zero attached hydrogens (tertiary/aromatic N) is 1. The Morgan fingerprint density at radius 1 is 0.875 bits per heavy atom. The van der Waals surface area contributed by atoms with E-state index >= 15 is 0 Å². The molecule has 0 atom stereocenters. The highest BCUT2D eigenvalue weighted by atomic mass is 15.0. The van der Waals surface area contributed by atoms with Crippen LogP contribution in [0, 0.1) is 11.3 Å². The zero-order valence-corrected chi connectivity index (χ0v) is 10.3. The second kappa shape index (κ2) is 5.68. The Morgan fingerprint density at radius 3 is 2.00 bits per heavy atom. The van der Waals surface area contributed by atoms with Crippen LogP contribution in [0.25, 0.3) is 0 Å². The molecule has 0 aromatic rings. The molecule has 0 saturated heterocycles. The Bertz CT molecular complexity index is 240. The molecule has 2 aliphatic carbocycles.